The molecule has 0 atom stereocenters. The topological polar surface area (TPSA) is 49.3 Å². The van der Waals surface area contributed by atoms with Gasteiger partial charge in [-0.15, -0.1) is 0 Å². The highest BCUT2D eigenvalue weighted by atomic mass is 16.4. The zero-order valence-corrected chi connectivity index (χ0v) is 6.47. The molecule has 11 heavy (non-hydrogen) atoms. The van der Waals surface area contributed by atoms with Gasteiger partial charge in [0.25, 0.3) is 0 Å². The van der Waals surface area contributed by atoms with Crippen molar-refractivity contribution in [1.82, 2.24) is 5.32 Å². The summed E-state index contributed by atoms with van der Waals surface area (Å²) in [7, 11) is 0. The molecule has 1 aliphatic rings. The van der Waals surface area contributed by atoms with Crippen molar-refractivity contribution in [2.75, 3.05) is 6.54 Å². The molecule has 0 aliphatic carbocycles. The third-order valence-corrected chi connectivity index (χ3v) is 1.75. The molecule has 0 radical (unpaired) electrons. The second kappa shape index (κ2) is 4.01. The Bertz CT molecular complexity index is 167. The van der Waals surface area contributed by atoms with Gasteiger partial charge in [0.1, 0.15) is 0 Å². The smallest absolute Gasteiger partial charge is 0.307 e. The molecular formula is C8H13NO2. The van der Waals surface area contributed by atoms with Crippen molar-refractivity contribution in [1.29, 1.82) is 0 Å². The van der Waals surface area contributed by atoms with E-state index in [-0.39, 0.29) is 6.42 Å². The first-order chi connectivity index (χ1) is 5.29. The lowest BCUT2D eigenvalue weighted by atomic mass is 10.1. The fourth-order valence-electron chi connectivity index (χ4n) is 1.16. The molecule has 3 heteroatoms. The quantitative estimate of drug-likeness (QED) is 0.628. The van der Waals surface area contributed by atoms with E-state index in [2.05, 4.69) is 5.32 Å². The Morgan fingerprint density at radius 3 is 3.00 bits per heavy atom. The first-order valence-electron chi connectivity index (χ1n) is 3.94. The van der Waals surface area contributed by atoms with Crippen LogP contribution < -0.4 is 5.32 Å². The van der Waals surface area contributed by atoms with Crippen molar-refractivity contribution in [2.24, 2.45) is 0 Å². The van der Waals surface area contributed by atoms with Crippen LogP contribution in [-0.4, -0.2) is 17.6 Å². The largest absolute Gasteiger partial charge is 0.481 e. The van der Waals surface area contributed by atoms with Crippen molar-refractivity contribution in [2.45, 2.75) is 25.7 Å². The van der Waals surface area contributed by atoms with Gasteiger partial charge in [-0.2, -0.15) is 0 Å². The fourth-order valence-corrected chi connectivity index (χ4v) is 1.16. The predicted octanol–water partition coefficient (Wildman–Crippen LogP) is 1.12. The Labute approximate surface area is 66.1 Å². The van der Waals surface area contributed by atoms with Crippen molar-refractivity contribution < 1.29 is 9.90 Å². The Balaban J connectivity index is 2.32. The monoisotopic (exact) mass is 155 g/mol. The summed E-state index contributed by atoms with van der Waals surface area (Å²) in [4.78, 5) is 10.2. The van der Waals surface area contributed by atoms with Gasteiger partial charge in [0, 0.05) is 12.2 Å². The lowest BCUT2D eigenvalue weighted by Crippen LogP contribution is -2.19. The average molecular weight is 155 g/mol. The highest BCUT2D eigenvalue weighted by Crippen LogP contribution is 2.10. The minimum atomic E-state index is -0.759. The zero-order valence-electron chi connectivity index (χ0n) is 6.47. The number of piperidine rings is 1. The van der Waals surface area contributed by atoms with Gasteiger partial charge >= 0.3 is 5.97 Å². The van der Waals surface area contributed by atoms with Gasteiger partial charge in [-0.3, -0.25) is 4.79 Å². The van der Waals surface area contributed by atoms with Gasteiger partial charge in [0.2, 0.25) is 0 Å². The van der Waals surface area contributed by atoms with E-state index in [9.17, 15) is 4.79 Å². The van der Waals surface area contributed by atoms with Crippen molar-refractivity contribution in [3.05, 3.63) is 11.8 Å². The molecule has 3 nitrogen and oxygen atoms in total. The number of rotatable bonds is 2. The molecule has 0 bridgehead atoms. The molecule has 0 aromatic rings. The van der Waals surface area contributed by atoms with Crippen molar-refractivity contribution in [3.63, 3.8) is 0 Å². The molecule has 2 N–H and O–H groups in total. The summed E-state index contributed by atoms with van der Waals surface area (Å²) in [5.74, 6) is -0.759. The van der Waals surface area contributed by atoms with Crippen LogP contribution >= 0.6 is 0 Å². The van der Waals surface area contributed by atoms with Crippen molar-refractivity contribution in [3.8, 4) is 0 Å². The lowest BCUT2D eigenvalue weighted by Gasteiger charge is -2.15. The van der Waals surface area contributed by atoms with Crippen LogP contribution in [0.4, 0.5) is 0 Å². The molecule has 0 aromatic carbocycles. The Kier molecular flexibility index (Phi) is 2.95. The summed E-state index contributed by atoms with van der Waals surface area (Å²) in [6.07, 6.45) is 5.29. The maximum atomic E-state index is 10.2. The molecule has 0 spiro atoms. The van der Waals surface area contributed by atoms with E-state index in [0.29, 0.717) is 0 Å². The minimum absolute atomic E-state index is 0.141. The second-order valence-electron chi connectivity index (χ2n) is 2.71. The molecule has 0 unspecified atom stereocenters. The third-order valence-electron chi connectivity index (χ3n) is 1.75. The number of carboxylic acid groups (broad SMARTS) is 1. The normalized spacial score (nSPS) is 21.3. The molecule has 62 valence electrons. The first-order valence-corrected chi connectivity index (χ1v) is 3.94. The number of carboxylic acids is 1. The Hall–Kier alpha value is -0.990. The zero-order chi connectivity index (χ0) is 8.10. The van der Waals surface area contributed by atoms with E-state index in [1.807, 2.05) is 0 Å². The van der Waals surface area contributed by atoms with Gasteiger partial charge in [-0.05, 0) is 19.3 Å². The second-order valence-corrected chi connectivity index (χ2v) is 2.71. The van der Waals surface area contributed by atoms with Gasteiger partial charge in [0.05, 0.1) is 6.42 Å². The SMILES string of the molecule is O=C(O)CC=C1CCCCN1. The maximum Gasteiger partial charge on any atom is 0.307 e. The van der Waals surface area contributed by atoms with Gasteiger partial charge in [-0.25, -0.2) is 0 Å². The van der Waals surface area contributed by atoms with Gasteiger partial charge in [-0.1, -0.05) is 6.08 Å². The molecule has 1 rings (SSSR count). The van der Waals surface area contributed by atoms with Crippen LogP contribution in [-0.2, 0) is 4.79 Å². The summed E-state index contributed by atoms with van der Waals surface area (Å²) >= 11 is 0. The predicted molar refractivity (Wildman–Crippen MR) is 42.2 cm³/mol. The number of allylic oxidation sites excluding steroid dienone is 1. The molecular weight excluding hydrogens is 142 g/mol. The number of aliphatic carboxylic acids is 1. The van der Waals surface area contributed by atoms with Crippen LogP contribution in [0.1, 0.15) is 25.7 Å². The van der Waals surface area contributed by atoms with E-state index < -0.39 is 5.97 Å². The van der Waals surface area contributed by atoms with Crippen LogP contribution in [0.15, 0.2) is 11.8 Å². The van der Waals surface area contributed by atoms with E-state index >= 15 is 0 Å². The van der Waals surface area contributed by atoms with E-state index in [0.717, 1.165) is 18.7 Å². The highest BCUT2D eigenvalue weighted by molar-refractivity contribution is 5.68. The van der Waals surface area contributed by atoms with Gasteiger partial charge in [0.15, 0.2) is 0 Å². The number of carbonyl (C=O) groups is 1. The summed E-state index contributed by atoms with van der Waals surface area (Å²) in [6.45, 7) is 0.992. The summed E-state index contributed by atoms with van der Waals surface area (Å²) in [6, 6.07) is 0. The van der Waals surface area contributed by atoms with Crippen LogP contribution in [0, 0.1) is 0 Å². The van der Waals surface area contributed by atoms with Gasteiger partial charge < -0.3 is 10.4 Å². The summed E-state index contributed by atoms with van der Waals surface area (Å²) in [5, 5.41) is 11.5. The average Bonchev–Trinajstić information content (AvgIpc) is 2.03. The molecule has 1 heterocycles. The van der Waals surface area contributed by atoms with Crippen LogP contribution in [0.5, 0.6) is 0 Å². The molecule has 1 fully saturated rings. The number of hydrogen-bond donors (Lipinski definition) is 2. The minimum Gasteiger partial charge on any atom is -0.481 e. The number of nitrogens with one attached hydrogen (secondary N) is 1. The molecule has 1 aliphatic heterocycles. The Morgan fingerprint density at radius 1 is 1.64 bits per heavy atom. The maximum absolute atomic E-state index is 10.2. The van der Waals surface area contributed by atoms with E-state index in [1.54, 1.807) is 6.08 Å². The van der Waals surface area contributed by atoms with Crippen LogP contribution in [0.25, 0.3) is 0 Å². The van der Waals surface area contributed by atoms with E-state index in [1.165, 1.54) is 12.8 Å². The molecule has 1 saturated heterocycles. The van der Waals surface area contributed by atoms with Crippen LogP contribution in [0.3, 0.4) is 0 Å². The van der Waals surface area contributed by atoms with Crippen molar-refractivity contribution >= 4 is 5.97 Å². The van der Waals surface area contributed by atoms with Crippen LogP contribution in [0.2, 0.25) is 0 Å². The molecule has 0 saturated carbocycles. The highest BCUT2D eigenvalue weighted by Gasteiger charge is 2.03. The van der Waals surface area contributed by atoms with E-state index in [4.69, 9.17) is 5.11 Å². The summed E-state index contributed by atoms with van der Waals surface area (Å²) < 4.78 is 0. The Morgan fingerprint density at radius 2 is 2.45 bits per heavy atom. The molecule has 0 amide bonds. The molecule has 0 aromatic heterocycles. The number of hydrogen-bond acceptors (Lipinski definition) is 2. The fraction of sp³-hybridized carbons (Fsp3) is 0.625. The lowest BCUT2D eigenvalue weighted by molar-refractivity contribution is -0.136. The third kappa shape index (κ3) is 3.07. The standard InChI is InChI=1S/C8H13NO2/c10-8(11)5-4-7-3-1-2-6-9-7/h4,9H,1-3,5-6H2,(H,10,11). The first kappa shape index (κ1) is 8.11. The summed E-state index contributed by atoms with van der Waals surface area (Å²) in [5.41, 5.74) is 1.10.